The van der Waals surface area contributed by atoms with E-state index in [1.165, 1.54) is 5.56 Å². The van der Waals surface area contributed by atoms with E-state index in [1.807, 2.05) is 31.2 Å². The van der Waals surface area contributed by atoms with Gasteiger partial charge in [0.1, 0.15) is 5.75 Å². The number of nitrogens with two attached hydrogens (primary N) is 1. The third kappa shape index (κ3) is 3.97. The zero-order chi connectivity index (χ0) is 15.2. The highest BCUT2D eigenvalue weighted by atomic mass is 35.5. The van der Waals surface area contributed by atoms with Gasteiger partial charge in [0.25, 0.3) is 0 Å². The minimum absolute atomic E-state index is 0.0887. The van der Waals surface area contributed by atoms with Gasteiger partial charge < -0.3 is 4.74 Å². The molecule has 21 heavy (non-hydrogen) atoms. The van der Waals surface area contributed by atoms with E-state index < -0.39 is 0 Å². The Hall–Kier alpha value is -1.55. The molecule has 2 aromatic carbocycles. The van der Waals surface area contributed by atoms with Gasteiger partial charge >= 0.3 is 0 Å². The van der Waals surface area contributed by atoms with Gasteiger partial charge in [-0.15, -0.1) is 0 Å². The van der Waals surface area contributed by atoms with E-state index in [-0.39, 0.29) is 6.04 Å². The number of hydrogen-bond donors (Lipinski definition) is 2. The number of rotatable bonds is 6. The highest BCUT2D eigenvalue weighted by Crippen LogP contribution is 2.27. The smallest absolute Gasteiger partial charge is 0.118 e. The van der Waals surface area contributed by atoms with Crippen LogP contribution in [0.4, 0.5) is 0 Å². The van der Waals surface area contributed by atoms with E-state index in [0.29, 0.717) is 0 Å². The predicted molar refractivity (Wildman–Crippen MR) is 87.6 cm³/mol. The van der Waals surface area contributed by atoms with Crippen LogP contribution >= 0.6 is 11.6 Å². The lowest BCUT2D eigenvalue weighted by atomic mass is 9.96. The van der Waals surface area contributed by atoms with Crippen molar-refractivity contribution in [3.8, 4) is 5.75 Å². The van der Waals surface area contributed by atoms with Gasteiger partial charge in [-0.3, -0.25) is 11.3 Å². The second-order valence-electron chi connectivity index (χ2n) is 5.06. The normalized spacial score (nSPS) is 12.2. The first-order valence-electron chi connectivity index (χ1n) is 6.99. The highest BCUT2D eigenvalue weighted by Gasteiger charge is 2.13. The fraction of sp³-hybridized carbons (Fsp3) is 0.294. The second-order valence-corrected chi connectivity index (χ2v) is 5.47. The molecule has 0 spiro atoms. The summed E-state index contributed by atoms with van der Waals surface area (Å²) >= 11 is 6.18. The monoisotopic (exact) mass is 304 g/mol. The molecule has 0 heterocycles. The van der Waals surface area contributed by atoms with E-state index in [1.54, 1.807) is 7.11 Å². The van der Waals surface area contributed by atoms with Crippen LogP contribution in [0.1, 0.15) is 29.2 Å². The van der Waals surface area contributed by atoms with Gasteiger partial charge in [0.2, 0.25) is 0 Å². The minimum atomic E-state index is 0.0887. The molecule has 1 unspecified atom stereocenters. The topological polar surface area (TPSA) is 47.3 Å². The number of aryl methyl sites for hydroxylation is 1. The molecule has 3 N–H and O–H groups in total. The molecule has 0 fully saturated rings. The molecule has 0 saturated carbocycles. The SMILES string of the molecule is COc1ccc(CCC(NN)c2cccc(Cl)c2C)cc1. The van der Waals surface area contributed by atoms with Gasteiger partial charge in [-0.2, -0.15) is 0 Å². The van der Waals surface area contributed by atoms with Crippen LogP contribution in [0.25, 0.3) is 0 Å². The Morgan fingerprint density at radius 1 is 1.19 bits per heavy atom. The summed E-state index contributed by atoms with van der Waals surface area (Å²) in [4.78, 5) is 0. The van der Waals surface area contributed by atoms with Gasteiger partial charge in [-0.25, -0.2) is 0 Å². The molecular weight excluding hydrogens is 284 g/mol. The van der Waals surface area contributed by atoms with Crippen LogP contribution in [-0.4, -0.2) is 7.11 Å². The minimum Gasteiger partial charge on any atom is -0.497 e. The van der Waals surface area contributed by atoms with E-state index >= 15 is 0 Å². The lowest BCUT2D eigenvalue weighted by molar-refractivity contribution is 0.414. The van der Waals surface area contributed by atoms with Gasteiger partial charge in [0, 0.05) is 11.1 Å². The lowest BCUT2D eigenvalue weighted by Crippen LogP contribution is -2.29. The Morgan fingerprint density at radius 2 is 1.90 bits per heavy atom. The van der Waals surface area contributed by atoms with Gasteiger partial charge in [-0.1, -0.05) is 35.9 Å². The van der Waals surface area contributed by atoms with Crippen LogP contribution in [0.3, 0.4) is 0 Å². The van der Waals surface area contributed by atoms with Crippen LogP contribution in [0, 0.1) is 6.92 Å². The van der Waals surface area contributed by atoms with Crippen molar-refractivity contribution in [1.29, 1.82) is 0 Å². The standard InChI is InChI=1S/C17H21ClN2O/c1-12-15(4-3-5-16(12)18)17(20-19)11-8-13-6-9-14(21-2)10-7-13/h3-7,9-10,17,20H,8,11,19H2,1-2H3. The van der Waals surface area contributed by atoms with Gasteiger partial charge in [-0.05, 0) is 54.7 Å². The predicted octanol–water partition coefficient (Wildman–Crippen LogP) is 3.79. The Balaban J connectivity index is 2.06. The lowest BCUT2D eigenvalue weighted by Gasteiger charge is -2.19. The van der Waals surface area contributed by atoms with E-state index in [2.05, 4.69) is 23.6 Å². The summed E-state index contributed by atoms with van der Waals surface area (Å²) < 4.78 is 5.17. The van der Waals surface area contributed by atoms with Crippen LogP contribution in [0.2, 0.25) is 5.02 Å². The third-order valence-corrected chi connectivity index (χ3v) is 4.18. The fourth-order valence-electron chi connectivity index (χ4n) is 2.43. The van der Waals surface area contributed by atoms with Crippen molar-refractivity contribution in [2.45, 2.75) is 25.8 Å². The number of halogens is 1. The van der Waals surface area contributed by atoms with Crippen LogP contribution in [0.5, 0.6) is 5.75 Å². The maximum absolute atomic E-state index is 6.18. The molecule has 1 atom stereocenters. The molecule has 0 aliphatic rings. The Bertz CT molecular complexity index is 584. The quantitative estimate of drug-likeness (QED) is 0.630. The molecule has 112 valence electrons. The summed E-state index contributed by atoms with van der Waals surface area (Å²) in [5.41, 5.74) is 6.39. The summed E-state index contributed by atoms with van der Waals surface area (Å²) in [5.74, 6) is 6.59. The van der Waals surface area contributed by atoms with E-state index in [4.69, 9.17) is 22.2 Å². The molecule has 0 aliphatic carbocycles. The Morgan fingerprint density at radius 3 is 2.52 bits per heavy atom. The van der Waals surface area contributed by atoms with Crippen molar-refractivity contribution >= 4 is 11.6 Å². The molecule has 0 radical (unpaired) electrons. The molecule has 0 aliphatic heterocycles. The van der Waals surface area contributed by atoms with Crippen molar-refractivity contribution in [3.63, 3.8) is 0 Å². The summed E-state index contributed by atoms with van der Waals surface area (Å²) in [6.07, 6.45) is 1.84. The van der Waals surface area contributed by atoms with Crippen LogP contribution in [-0.2, 0) is 6.42 Å². The Labute approximate surface area is 131 Å². The van der Waals surface area contributed by atoms with Crippen molar-refractivity contribution in [3.05, 3.63) is 64.2 Å². The summed E-state index contributed by atoms with van der Waals surface area (Å²) in [7, 11) is 1.67. The number of nitrogens with one attached hydrogen (secondary N) is 1. The number of hydrazine groups is 1. The first-order chi connectivity index (χ1) is 10.2. The van der Waals surface area contributed by atoms with E-state index in [0.717, 1.165) is 34.7 Å². The fourth-order valence-corrected chi connectivity index (χ4v) is 2.62. The Kier molecular flexibility index (Phi) is 5.62. The van der Waals surface area contributed by atoms with Crippen molar-refractivity contribution in [2.75, 3.05) is 7.11 Å². The maximum Gasteiger partial charge on any atom is 0.118 e. The van der Waals surface area contributed by atoms with E-state index in [9.17, 15) is 0 Å². The molecule has 2 aromatic rings. The van der Waals surface area contributed by atoms with Crippen molar-refractivity contribution < 1.29 is 4.74 Å². The molecule has 3 nitrogen and oxygen atoms in total. The molecule has 0 amide bonds. The van der Waals surface area contributed by atoms with Gasteiger partial charge in [0.15, 0.2) is 0 Å². The highest BCUT2D eigenvalue weighted by molar-refractivity contribution is 6.31. The van der Waals surface area contributed by atoms with Crippen molar-refractivity contribution in [1.82, 2.24) is 5.43 Å². The van der Waals surface area contributed by atoms with Crippen LogP contribution in [0.15, 0.2) is 42.5 Å². The summed E-state index contributed by atoms with van der Waals surface area (Å²) in [5, 5.41) is 0.775. The average molecular weight is 305 g/mol. The molecule has 0 bridgehead atoms. The molecule has 2 rings (SSSR count). The first-order valence-corrected chi connectivity index (χ1v) is 7.37. The second kappa shape index (κ2) is 7.46. The summed E-state index contributed by atoms with van der Waals surface area (Å²) in [6, 6.07) is 14.1. The molecule has 0 aromatic heterocycles. The largest absolute Gasteiger partial charge is 0.497 e. The maximum atomic E-state index is 6.18. The van der Waals surface area contributed by atoms with Crippen LogP contribution < -0.4 is 16.0 Å². The van der Waals surface area contributed by atoms with Gasteiger partial charge in [0.05, 0.1) is 7.11 Å². The molecular formula is C17H21ClN2O. The zero-order valence-corrected chi connectivity index (χ0v) is 13.2. The number of methoxy groups -OCH3 is 1. The molecule has 4 heteroatoms. The number of benzene rings is 2. The third-order valence-electron chi connectivity index (χ3n) is 3.77. The average Bonchev–Trinajstić information content (AvgIpc) is 2.52. The first kappa shape index (κ1) is 15.8. The molecule has 0 saturated heterocycles. The summed E-state index contributed by atoms with van der Waals surface area (Å²) in [6.45, 7) is 2.02. The van der Waals surface area contributed by atoms with Crippen molar-refractivity contribution in [2.24, 2.45) is 5.84 Å². The number of hydrogen-bond acceptors (Lipinski definition) is 3. The number of ether oxygens (including phenoxy) is 1. The zero-order valence-electron chi connectivity index (χ0n) is 12.4.